The Labute approximate surface area is 138 Å². The van der Waals surface area contributed by atoms with Gasteiger partial charge < -0.3 is 9.47 Å². The number of hydrogen-bond acceptors (Lipinski definition) is 2. The van der Waals surface area contributed by atoms with Crippen LogP contribution >= 0.6 is 0 Å². The van der Waals surface area contributed by atoms with Gasteiger partial charge in [0.2, 0.25) is 0 Å². The van der Waals surface area contributed by atoms with Crippen LogP contribution in [0.2, 0.25) is 0 Å². The van der Waals surface area contributed by atoms with Crippen LogP contribution in [0.5, 0.6) is 5.75 Å². The molecule has 2 heteroatoms. The third-order valence-electron chi connectivity index (χ3n) is 4.51. The minimum Gasteiger partial charge on any atom is -0.504 e. The lowest BCUT2D eigenvalue weighted by atomic mass is 9.82. The Balaban J connectivity index is 1.54. The van der Waals surface area contributed by atoms with Crippen molar-refractivity contribution in [2.45, 2.75) is 38.2 Å². The molecule has 0 radical (unpaired) electrons. The summed E-state index contributed by atoms with van der Waals surface area (Å²) in [6, 6.07) is 18.9. The summed E-state index contributed by atoms with van der Waals surface area (Å²) in [7, 11) is 1.73. The second kappa shape index (κ2) is 7.87. The summed E-state index contributed by atoms with van der Waals surface area (Å²) in [4.78, 5) is 0. The zero-order valence-corrected chi connectivity index (χ0v) is 13.7. The van der Waals surface area contributed by atoms with E-state index in [9.17, 15) is 0 Å². The van der Waals surface area contributed by atoms with Gasteiger partial charge in [-0.15, -0.1) is 0 Å². The van der Waals surface area contributed by atoms with Gasteiger partial charge in [-0.3, -0.25) is 0 Å². The van der Waals surface area contributed by atoms with E-state index in [1.54, 1.807) is 7.11 Å². The fourth-order valence-corrected chi connectivity index (χ4v) is 3.18. The van der Waals surface area contributed by atoms with E-state index < -0.39 is 0 Å². The van der Waals surface area contributed by atoms with Crippen molar-refractivity contribution in [1.29, 1.82) is 0 Å². The van der Waals surface area contributed by atoms with E-state index in [-0.39, 0.29) is 0 Å². The first-order chi connectivity index (χ1) is 11.3. The Morgan fingerprint density at radius 3 is 2.30 bits per heavy atom. The predicted molar refractivity (Wildman–Crippen MR) is 93.5 cm³/mol. The van der Waals surface area contributed by atoms with Gasteiger partial charge in [-0.25, -0.2) is 0 Å². The normalized spacial score (nSPS) is 17.6. The third kappa shape index (κ3) is 4.38. The van der Waals surface area contributed by atoms with Crippen LogP contribution in [0.3, 0.4) is 0 Å². The number of ether oxygens (including phenoxy) is 2. The number of methoxy groups -OCH3 is 1. The molecule has 2 aromatic carbocycles. The van der Waals surface area contributed by atoms with Crippen molar-refractivity contribution < 1.29 is 9.47 Å². The smallest absolute Gasteiger partial charge is 0.119 e. The van der Waals surface area contributed by atoms with Gasteiger partial charge in [-0.1, -0.05) is 42.5 Å². The van der Waals surface area contributed by atoms with Crippen molar-refractivity contribution >= 4 is 0 Å². The summed E-state index contributed by atoms with van der Waals surface area (Å²) in [5, 5.41) is 0. The van der Waals surface area contributed by atoms with Crippen LogP contribution in [0.4, 0.5) is 0 Å². The predicted octanol–water partition coefficient (Wildman–Crippen LogP) is 5.45. The molecular formula is C21H24O2. The molecule has 120 valence electrons. The molecule has 1 fully saturated rings. The lowest BCUT2D eigenvalue weighted by molar-refractivity contribution is 0.306. The van der Waals surface area contributed by atoms with Crippen LogP contribution in [-0.2, 0) is 11.3 Å². The number of benzene rings is 2. The van der Waals surface area contributed by atoms with Crippen LogP contribution in [0.15, 0.2) is 66.4 Å². The standard InChI is InChI=1S/C21H24O2/c1-22-15-18-7-9-19(10-8-18)20-11-13-21(14-12-20)23-16-17-5-3-2-4-6-17/h2-6,11-15,19H,7-10,16H2,1H3. The number of rotatable bonds is 5. The molecule has 1 aliphatic carbocycles. The highest BCUT2D eigenvalue weighted by Gasteiger charge is 2.18. The number of hydrogen-bond donors (Lipinski definition) is 0. The van der Waals surface area contributed by atoms with Gasteiger partial charge in [-0.05, 0) is 60.4 Å². The van der Waals surface area contributed by atoms with Crippen molar-refractivity contribution in [1.82, 2.24) is 0 Å². The lowest BCUT2D eigenvalue weighted by Gasteiger charge is -2.24. The molecule has 0 saturated heterocycles. The monoisotopic (exact) mass is 308 g/mol. The molecule has 3 rings (SSSR count). The first-order valence-corrected chi connectivity index (χ1v) is 8.32. The highest BCUT2D eigenvalue weighted by Crippen LogP contribution is 2.35. The Kier molecular flexibility index (Phi) is 5.36. The largest absolute Gasteiger partial charge is 0.504 e. The second-order valence-electron chi connectivity index (χ2n) is 6.13. The highest BCUT2D eigenvalue weighted by molar-refractivity contribution is 5.30. The summed E-state index contributed by atoms with van der Waals surface area (Å²) >= 11 is 0. The van der Waals surface area contributed by atoms with E-state index in [0.717, 1.165) is 18.6 Å². The molecule has 0 spiro atoms. The van der Waals surface area contributed by atoms with E-state index in [1.165, 1.54) is 29.5 Å². The van der Waals surface area contributed by atoms with Crippen molar-refractivity contribution in [3.8, 4) is 5.75 Å². The first-order valence-electron chi connectivity index (χ1n) is 8.32. The molecule has 1 aliphatic rings. The molecule has 0 aromatic heterocycles. The number of allylic oxidation sites excluding steroid dienone is 1. The molecule has 2 nitrogen and oxygen atoms in total. The minimum atomic E-state index is 0.620. The summed E-state index contributed by atoms with van der Waals surface area (Å²) in [6.45, 7) is 0.620. The average Bonchev–Trinajstić information content (AvgIpc) is 2.62. The van der Waals surface area contributed by atoms with Gasteiger partial charge in [0.15, 0.2) is 0 Å². The SMILES string of the molecule is COC=C1CCC(c2ccc(OCc3ccccc3)cc2)CC1. The maximum Gasteiger partial charge on any atom is 0.119 e. The molecule has 0 unspecified atom stereocenters. The molecule has 0 atom stereocenters. The molecule has 1 saturated carbocycles. The fourth-order valence-electron chi connectivity index (χ4n) is 3.18. The average molecular weight is 308 g/mol. The lowest BCUT2D eigenvalue weighted by Crippen LogP contribution is -2.07. The van der Waals surface area contributed by atoms with E-state index in [1.807, 2.05) is 24.5 Å². The van der Waals surface area contributed by atoms with Gasteiger partial charge in [0, 0.05) is 0 Å². The fraction of sp³-hybridized carbons (Fsp3) is 0.333. The summed E-state index contributed by atoms with van der Waals surface area (Å²) in [5.41, 5.74) is 4.06. The quantitative estimate of drug-likeness (QED) is 0.683. The molecule has 0 heterocycles. The van der Waals surface area contributed by atoms with Crippen LogP contribution in [-0.4, -0.2) is 7.11 Å². The Hall–Kier alpha value is -2.22. The van der Waals surface area contributed by atoms with Gasteiger partial charge in [0.1, 0.15) is 12.4 Å². The van der Waals surface area contributed by atoms with Crippen LogP contribution in [0.1, 0.15) is 42.7 Å². The molecule has 23 heavy (non-hydrogen) atoms. The van der Waals surface area contributed by atoms with Gasteiger partial charge in [-0.2, -0.15) is 0 Å². The van der Waals surface area contributed by atoms with E-state index in [2.05, 4.69) is 36.4 Å². The zero-order valence-electron chi connectivity index (χ0n) is 13.7. The van der Waals surface area contributed by atoms with Gasteiger partial charge in [0.25, 0.3) is 0 Å². The Morgan fingerprint density at radius 2 is 1.65 bits per heavy atom. The Bertz CT molecular complexity index is 619. The minimum absolute atomic E-state index is 0.620. The van der Waals surface area contributed by atoms with Crippen molar-refractivity contribution in [2.75, 3.05) is 7.11 Å². The molecular weight excluding hydrogens is 284 g/mol. The van der Waals surface area contributed by atoms with Crippen molar-refractivity contribution in [3.63, 3.8) is 0 Å². The van der Waals surface area contributed by atoms with E-state index >= 15 is 0 Å². The second-order valence-corrected chi connectivity index (χ2v) is 6.13. The van der Waals surface area contributed by atoms with Crippen LogP contribution in [0, 0.1) is 0 Å². The van der Waals surface area contributed by atoms with Crippen LogP contribution < -0.4 is 4.74 Å². The van der Waals surface area contributed by atoms with Gasteiger partial charge >= 0.3 is 0 Å². The van der Waals surface area contributed by atoms with E-state index in [4.69, 9.17) is 9.47 Å². The van der Waals surface area contributed by atoms with Gasteiger partial charge in [0.05, 0.1) is 13.4 Å². The van der Waals surface area contributed by atoms with Crippen LogP contribution in [0.25, 0.3) is 0 Å². The molecule has 0 bridgehead atoms. The molecule has 0 aliphatic heterocycles. The Morgan fingerprint density at radius 1 is 0.957 bits per heavy atom. The topological polar surface area (TPSA) is 18.5 Å². The summed E-state index contributed by atoms with van der Waals surface area (Å²) in [6.07, 6.45) is 6.62. The zero-order chi connectivity index (χ0) is 15.9. The molecule has 2 aromatic rings. The summed E-state index contributed by atoms with van der Waals surface area (Å²) < 4.78 is 11.0. The highest BCUT2D eigenvalue weighted by atomic mass is 16.5. The van der Waals surface area contributed by atoms with Crippen molar-refractivity contribution in [3.05, 3.63) is 77.6 Å². The third-order valence-corrected chi connectivity index (χ3v) is 4.51. The maximum atomic E-state index is 5.86. The molecule has 0 amide bonds. The van der Waals surface area contributed by atoms with E-state index in [0.29, 0.717) is 12.5 Å². The first kappa shape index (κ1) is 15.7. The van der Waals surface area contributed by atoms with Crippen molar-refractivity contribution in [2.24, 2.45) is 0 Å². The molecule has 0 N–H and O–H groups in total. The summed E-state index contributed by atoms with van der Waals surface area (Å²) in [5.74, 6) is 1.60. The maximum absolute atomic E-state index is 5.86.